The number of hydrogen-bond donors (Lipinski definition) is 0. The summed E-state index contributed by atoms with van der Waals surface area (Å²) in [5, 5.41) is 0. The smallest absolute Gasteiger partial charge is 0.332 e. The summed E-state index contributed by atoms with van der Waals surface area (Å²) in [6.07, 6.45) is 6.79. The van der Waals surface area contributed by atoms with Crippen molar-refractivity contribution >= 4 is 5.97 Å². The highest BCUT2D eigenvalue weighted by Gasteiger charge is 2.17. The van der Waals surface area contributed by atoms with Crippen LogP contribution in [0.3, 0.4) is 0 Å². The van der Waals surface area contributed by atoms with Crippen molar-refractivity contribution < 1.29 is 14.3 Å². The quantitative estimate of drug-likeness (QED) is 0.149. The van der Waals surface area contributed by atoms with Crippen molar-refractivity contribution in [2.45, 2.75) is 65.5 Å². The highest BCUT2D eigenvalue weighted by Crippen LogP contribution is 2.32. The van der Waals surface area contributed by atoms with Gasteiger partial charge in [-0.15, -0.1) is 0 Å². The number of unbranched alkanes of at least 4 members (excludes halogenated alkanes) is 1. The summed E-state index contributed by atoms with van der Waals surface area (Å²) in [5.41, 5.74) is 6.52. The molecule has 39 heavy (non-hydrogen) atoms. The Morgan fingerprint density at radius 1 is 0.897 bits per heavy atom. The molecule has 0 bridgehead atoms. The van der Waals surface area contributed by atoms with Crippen molar-refractivity contribution in [2.75, 3.05) is 13.2 Å². The van der Waals surface area contributed by atoms with E-state index in [0.29, 0.717) is 12.6 Å². The SMILES string of the molecule is CC(C)n1cc(-c2cnc(-c3ccccc3)c(-c3ccccc3)n2)cc1CCCCOCC(=O)OC(C)(C)C. The number of aromatic nitrogens is 3. The lowest BCUT2D eigenvalue weighted by atomic mass is 10.0. The molecule has 2 aromatic heterocycles. The van der Waals surface area contributed by atoms with Gasteiger partial charge in [0, 0.05) is 41.2 Å². The second-order valence-corrected chi connectivity index (χ2v) is 11.0. The van der Waals surface area contributed by atoms with Crippen molar-refractivity contribution in [1.82, 2.24) is 14.5 Å². The van der Waals surface area contributed by atoms with Crippen LogP contribution in [-0.2, 0) is 20.7 Å². The van der Waals surface area contributed by atoms with Gasteiger partial charge in [0.05, 0.1) is 23.3 Å². The standard InChI is InChI=1S/C33H39N3O3/c1-24(2)36-22-27(20-28(36)18-12-13-19-38-23-30(37)39-33(3,4)5)29-21-34-31(25-14-8-6-9-15-25)32(35-29)26-16-10-7-11-17-26/h6-11,14-17,20-22,24H,12-13,18-19,23H2,1-5H3. The number of carbonyl (C=O) groups excluding carboxylic acids is 1. The van der Waals surface area contributed by atoms with E-state index in [1.54, 1.807) is 0 Å². The normalized spacial score (nSPS) is 11.6. The minimum absolute atomic E-state index is 0.00875. The minimum Gasteiger partial charge on any atom is -0.458 e. The molecule has 0 fully saturated rings. The first kappa shape index (κ1) is 28.2. The molecule has 204 valence electrons. The fraction of sp³-hybridized carbons (Fsp3) is 0.364. The third-order valence-corrected chi connectivity index (χ3v) is 6.26. The van der Waals surface area contributed by atoms with Gasteiger partial charge in [0.1, 0.15) is 12.2 Å². The molecule has 4 rings (SSSR count). The summed E-state index contributed by atoms with van der Waals surface area (Å²) in [5.74, 6) is -0.324. The van der Waals surface area contributed by atoms with Gasteiger partial charge in [-0.1, -0.05) is 60.7 Å². The highest BCUT2D eigenvalue weighted by molar-refractivity contribution is 5.79. The van der Waals surface area contributed by atoms with E-state index in [0.717, 1.165) is 53.0 Å². The first-order chi connectivity index (χ1) is 18.7. The van der Waals surface area contributed by atoms with Crippen LogP contribution in [0.5, 0.6) is 0 Å². The van der Waals surface area contributed by atoms with Crippen LogP contribution in [0.25, 0.3) is 33.8 Å². The minimum atomic E-state index is -0.492. The molecule has 0 amide bonds. The molecule has 0 atom stereocenters. The lowest BCUT2D eigenvalue weighted by molar-refractivity contribution is -0.160. The molecule has 0 aliphatic carbocycles. The van der Waals surface area contributed by atoms with Gasteiger partial charge in [-0.2, -0.15) is 0 Å². The molecular weight excluding hydrogens is 486 g/mol. The number of benzene rings is 2. The van der Waals surface area contributed by atoms with Gasteiger partial charge in [-0.05, 0) is 59.9 Å². The molecule has 6 heteroatoms. The molecule has 0 radical (unpaired) electrons. The van der Waals surface area contributed by atoms with E-state index in [1.807, 2.05) is 63.4 Å². The second kappa shape index (κ2) is 12.9. The van der Waals surface area contributed by atoms with Gasteiger partial charge in [0.15, 0.2) is 0 Å². The monoisotopic (exact) mass is 525 g/mol. The Hall–Kier alpha value is -3.77. The number of hydrogen-bond acceptors (Lipinski definition) is 5. The molecule has 0 unspecified atom stereocenters. The first-order valence-corrected chi connectivity index (χ1v) is 13.7. The van der Waals surface area contributed by atoms with Crippen LogP contribution in [0.1, 0.15) is 59.2 Å². The molecule has 0 aliphatic rings. The summed E-state index contributed by atoms with van der Waals surface area (Å²) in [7, 11) is 0. The molecule has 6 nitrogen and oxygen atoms in total. The maximum Gasteiger partial charge on any atom is 0.332 e. The lowest BCUT2D eigenvalue weighted by Gasteiger charge is -2.19. The number of carbonyl (C=O) groups is 1. The molecule has 2 heterocycles. The van der Waals surface area contributed by atoms with E-state index >= 15 is 0 Å². The Labute approximate surface area is 232 Å². The van der Waals surface area contributed by atoms with Gasteiger partial charge >= 0.3 is 5.97 Å². The van der Waals surface area contributed by atoms with E-state index in [-0.39, 0.29) is 12.6 Å². The maximum absolute atomic E-state index is 11.8. The average molecular weight is 526 g/mol. The summed E-state index contributed by atoms with van der Waals surface area (Å²) in [6.45, 7) is 10.5. The van der Waals surface area contributed by atoms with Gasteiger partial charge in [0.2, 0.25) is 0 Å². The summed E-state index contributed by atoms with van der Waals surface area (Å²) >= 11 is 0. The zero-order valence-electron chi connectivity index (χ0n) is 23.7. The summed E-state index contributed by atoms with van der Waals surface area (Å²) < 4.78 is 13.1. The molecule has 0 saturated carbocycles. The Bertz CT molecular complexity index is 1360. The number of esters is 1. The molecule has 0 spiro atoms. The molecule has 4 aromatic rings. The van der Waals surface area contributed by atoms with Crippen molar-refractivity contribution in [2.24, 2.45) is 0 Å². The summed E-state index contributed by atoms with van der Waals surface area (Å²) in [4.78, 5) is 21.8. The van der Waals surface area contributed by atoms with Gasteiger partial charge in [0.25, 0.3) is 0 Å². The van der Waals surface area contributed by atoms with Crippen LogP contribution >= 0.6 is 0 Å². The van der Waals surface area contributed by atoms with Crippen LogP contribution in [-0.4, -0.2) is 39.3 Å². The van der Waals surface area contributed by atoms with Crippen LogP contribution < -0.4 is 0 Å². The maximum atomic E-state index is 11.8. The predicted octanol–water partition coefficient (Wildman–Crippen LogP) is 7.54. The largest absolute Gasteiger partial charge is 0.458 e. The van der Waals surface area contributed by atoms with Gasteiger partial charge in [-0.25, -0.2) is 9.78 Å². The van der Waals surface area contributed by atoms with Crippen molar-refractivity contribution in [3.63, 3.8) is 0 Å². The Balaban J connectivity index is 1.49. The van der Waals surface area contributed by atoms with E-state index in [9.17, 15) is 4.79 Å². The van der Waals surface area contributed by atoms with E-state index in [4.69, 9.17) is 19.4 Å². The van der Waals surface area contributed by atoms with Gasteiger partial charge in [-0.3, -0.25) is 4.98 Å². The van der Waals surface area contributed by atoms with Crippen molar-refractivity contribution in [3.05, 3.63) is 84.8 Å². The topological polar surface area (TPSA) is 66.2 Å². The number of aryl methyl sites for hydroxylation is 1. The Morgan fingerprint density at radius 2 is 1.54 bits per heavy atom. The number of nitrogens with zero attached hydrogens (tertiary/aromatic N) is 3. The van der Waals surface area contributed by atoms with E-state index < -0.39 is 5.60 Å². The molecule has 0 aliphatic heterocycles. The van der Waals surface area contributed by atoms with Crippen LogP contribution in [0.15, 0.2) is 79.1 Å². The predicted molar refractivity (Wildman–Crippen MR) is 156 cm³/mol. The van der Waals surface area contributed by atoms with Gasteiger partial charge < -0.3 is 14.0 Å². The third kappa shape index (κ3) is 7.87. The molecular formula is C33H39N3O3. The lowest BCUT2D eigenvalue weighted by Crippen LogP contribution is -2.26. The van der Waals surface area contributed by atoms with Crippen LogP contribution in [0.2, 0.25) is 0 Å². The zero-order valence-corrected chi connectivity index (χ0v) is 23.7. The Kier molecular flexibility index (Phi) is 9.31. The average Bonchev–Trinajstić information content (AvgIpc) is 3.35. The zero-order chi connectivity index (χ0) is 27.8. The first-order valence-electron chi connectivity index (χ1n) is 13.7. The second-order valence-electron chi connectivity index (χ2n) is 11.0. The number of rotatable bonds is 11. The Morgan fingerprint density at radius 3 is 2.15 bits per heavy atom. The molecule has 0 saturated heterocycles. The third-order valence-electron chi connectivity index (χ3n) is 6.26. The summed E-state index contributed by atoms with van der Waals surface area (Å²) in [6, 6.07) is 23.0. The fourth-order valence-corrected chi connectivity index (χ4v) is 4.52. The number of ether oxygens (including phenoxy) is 2. The highest BCUT2D eigenvalue weighted by atomic mass is 16.6. The van der Waals surface area contributed by atoms with E-state index in [1.165, 1.54) is 5.69 Å². The van der Waals surface area contributed by atoms with Crippen LogP contribution in [0, 0.1) is 0 Å². The fourth-order valence-electron chi connectivity index (χ4n) is 4.52. The van der Waals surface area contributed by atoms with Crippen molar-refractivity contribution in [1.29, 1.82) is 0 Å². The van der Waals surface area contributed by atoms with Crippen LogP contribution in [0.4, 0.5) is 0 Å². The van der Waals surface area contributed by atoms with Crippen molar-refractivity contribution in [3.8, 4) is 33.8 Å². The molecule has 2 aromatic carbocycles. The molecule has 0 N–H and O–H groups in total. The van der Waals surface area contributed by atoms with E-state index in [2.05, 4.69) is 54.9 Å².